The van der Waals surface area contributed by atoms with E-state index in [1.54, 1.807) is 0 Å². The molecule has 0 aromatic heterocycles. The van der Waals surface area contributed by atoms with Crippen molar-refractivity contribution in [3.63, 3.8) is 0 Å². The highest BCUT2D eigenvalue weighted by molar-refractivity contribution is 7.47. The second kappa shape index (κ2) is 83.6. The minimum atomic E-state index is -4.40. The molecule has 0 amide bonds. The van der Waals surface area contributed by atoms with Crippen molar-refractivity contribution in [2.45, 2.75) is 418 Å². The van der Waals surface area contributed by atoms with Gasteiger partial charge in [0.1, 0.15) is 6.61 Å². The average molecular weight is 1400 g/mol. The van der Waals surface area contributed by atoms with E-state index in [1.165, 1.54) is 289 Å². The van der Waals surface area contributed by atoms with Crippen molar-refractivity contribution in [2.24, 2.45) is 5.73 Å². The van der Waals surface area contributed by atoms with Gasteiger partial charge in [-0.1, -0.05) is 412 Å². The van der Waals surface area contributed by atoms with E-state index in [0.717, 1.165) is 89.9 Å². The van der Waals surface area contributed by atoms with Crippen molar-refractivity contribution < 1.29 is 37.6 Å². The Labute approximate surface area is 613 Å². The number of unbranched alkanes of at least 4 members (excludes halogenated alkanes) is 49. The van der Waals surface area contributed by atoms with Gasteiger partial charge in [0.05, 0.1) is 13.2 Å². The minimum absolute atomic E-state index is 0.0540. The van der Waals surface area contributed by atoms with E-state index in [1.807, 2.05) is 0 Å². The van der Waals surface area contributed by atoms with E-state index in [4.69, 9.17) is 24.3 Å². The lowest BCUT2D eigenvalue weighted by Gasteiger charge is -2.19. The topological polar surface area (TPSA) is 134 Å². The van der Waals surface area contributed by atoms with Crippen LogP contribution in [0.1, 0.15) is 412 Å². The molecule has 0 fully saturated rings. The number of hydrogen-bond acceptors (Lipinski definition) is 8. The molecule has 0 bridgehead atoms. The molecular formula is C89H160NO8P. The monoisotopic (exact) mass is 1400 g/mol. The summed E-state index contributed by atoms with van der Waals surface area (Å²) in [6.45, 7) is 3.58. The lowest BCUT2D eigenvalue weighted by Crippen LogP contribution is -2.29. The molecule has 2 atom stereocenters. The standard InChI is InChI=1S/C89H160NO8P/c1-3-5-7-9-11-13-15-17-19-21-23-25-27-29-31-33-35-37-39-41-43-45-47-49-51-53-55-57-59-61-63-65-67-69-71-73-75-77-79-81-88(91)95-85-87(86-97-99(93,94)96-84-83-90)98-89(92)82-80-78-76-74-72-70-68-66-64-62-60-58-56-54-52-50-48-46-44-42-40-38-36-34-32-30-28-26-24-22-20-18-16-14-12-10-8-6-4-2/h5-8,11-14,17-20,23-26,30,32,87H,3-4,9-10,15-16,21-22,27-29,31,33-86,90H2,1-2H3,(H,93,94)/b7-5-,8-6-,13-11-,14-12-,19-17-,20-18-,25-23-,26-24-,32-30-. The number of hydrogen-bond donors (Lipinski definition) is 2. The molecule has 2 unspecified atom stereocenters. The van der Waals surface area contributed by atoms with Crippen molar-refractivity contribution in [1.82, 2.24) is 0 Å². The fourth-order valence-corrected chi connectivity index (χ4v) is 13.3. The third-order valence-electron chi connectivity index (χ3n) is 18.7. The maximum Gasteiger partial charge on any atom is 0.472 e. The summed E-state index contributed by atoms with van der Waals surface area (Å²) in [5, 5.41) is 0. The molecule has 0 saturated heterocycles. The van der Waals surface area contributed by atoms with Gasteiger partial charge in [0.25, 0.3) is 0 Å². The fraction of sp³-hybridized carbons (Fsp3) is 0.775. The number of rotatable bonds is 80. The smallest absolute Gasteiger partial charge is 0.462 e. The minimum Gasteiger partial charge on any atom is -0.462 e. The number of nitrogens with two attached hydrogens (primary N) is 1. The Hall–Kier alpha value is -3.33. The lowest BCUT2D eigenvalue weighted by atomic mass is 10.0. The van der Waals surface area contributed by atoms with Gasteiger partial charge >= 0.3 is 19.8 Å². The third kappa shape index (κ3) is 83.5. The highest BCUT2D eigenvalue weighted by atomic mass is 31.2. The van der Waals surface area contributed by atoms with Crippen LogP contribution in [-0.4, -0.2) is 49.3 Å². The molecule has 0 radical (unpaired) electrons. The van der Waals surface area contributed by atoms with Crippen molar-refractivity contribution in [3.05, 3.63) is 109 Å². The zero-order valence-corrected chi connectivity index (χ0v) is 65.9. The molecule has 0 heterocycles. The molecule has 574 valence electrons. The molecule has 0 rings (SSSR count). The molecule has 0 aromatic rings. The van der Waals surface area contributed by atoms with E-state index in [2.05, 4.69) is 123 Å². The van der Waals surface area contributed by atoms with Gasteiger partial charge in [-0.05, 0) is 96.3 Å². The highest BCUT2D eigenvalue weighted by Crippen LogP contribution is 2.43. The lowest BCUT2D eigenvalue weighted by molar-refractivity contribution is -0.161. The Kier molecular flexibility index (Phi) is 80.8. The molecule has 0 aliphatic carbocycles. The predicted molar refractivity (Wildman–Crippen MR) is 431 cm³/mol. The summed E-state index contributed by atoms with van der Waals surface area (Å²) in [7, 11) is -4.40. The number of phosphoric ester groups is 1. The molecule has 0 spiro atoms. The number of carbonyl (C=O) groups is 2. The first kappa shape index (κ1) is 95.7. The van der Waals surface area contributed by atoms with Crippen LogP contribution in [0.5, 0.6) is 0 Å². The van der Waals surface area contributed by atoms with Crippen LogP contribution >= 0.6 is 7.82 Å². The number of ether oxygens (including phenoxy) is 2. The van der Waals surface area contributed by atoms with E-state index in [0.29, 0.717) is 6.42 Å². The average Bonchev–Trinajstić information content (AvgIpc) is 1.35. The number of carbonyl (C=O) groups excluding carboxylic acids is 2. The Balaban J connectivity index is 3.74. The van der Waals surface area contributed by atoms with Crippen LogP contribution in [0.4, 0.5) is 0 Å². The summed E-state index contributed by atoms with van der Waals surface area (Å²) >= 11 is 0. The molecule has 99 heavy (non-hydrogen) atoms. The van der Waals surface area contributed by atoms with Gasteiger partial charge in [0.2, 0.25) is 0 Å². The largest absolute Gasteiger partial charge is 0.472 e. The number of esters is 2. The maximum atomic E-state index is 12.8. The molecular weight excluding hydrogens is 1240 g/mol. The van der Waals surface area contributed by atoms with E-state index in [9.17, 15) is 19.0 Å². The summed E-state index contributed by atoms with van der Waals surface area (Å²) in [6.07, 6.45) is 117. The molecule has 0 aromatic carbocycles. The fourth-order valence-electron chi connectivity index (χ4n) is 12.5. The predicted octanol–water partition coefficient (Wildman–Crippen LogP) is 28.8. The van der Waals surface area contributed by atoms with Crippen LogP contribution in [0.15, 0.2) is 109 Å². The van der Waals surface area contributed by atoms with Gasteiger partial charge in [-0.25, -0.2) is 4.57 Å². The van der Waals surface area contributed by atoms with Crippen LogP contribution in [-0.2, 0) is 32.7 Å². The van der Waals surface area contributed by atoms with Gasteiger partial charge < -0.3 is 20.1 Å². The molecule has 10 heteroatoms. The van der Waals surface area contributed by atoms with Gasteiger partial charge in [-0.15, -0.1) is 0 Å². The first-order chi connectivity index (χ1) is 48.8. The van der Waals surface area contributed by atoms with Crippen molar-refractivity contribution in [1.29, 1.82) is 0 Å². The Morgan fingerprint density at radius 3 is 0.778 bits per heavy atom. The second-order valence-electron chi connectivity index (χ2n) is 28.3. The second-order valence-corrected chi connectivity index (χ2v) is 29.7. The first-order valence-electron chi connectivity index (χ1n) is 42.4. The first-order valence-corrected chi connectivity index (χ1v) is 43.9. The number of phosphoric acid groups is 1. The van der Waals surface area contributed by atoms with Crippen LogP contribution in [0.25, 0.3) is 0 Å². The molecule has 0 saturated carbocycles. The quantitative estimate of drug-likeness (QED) is 0.0264. The zero-order chi connectivity index (χ0) is 71.5. The summed E-state index contributed by atoms with van der Waals surface area (Å²) < 4.78 is 33.3. The van der Waals surface area contributed by atoms with Crippen LogP contribution in [0.2, 0.25) is 0 Å². The van der Waals surface area contributed by atoms with E-state index in [-0.39, 0.29) is 38.6 Å². The van der Waals surface area contributed by atoms with Gasteiger partial charge in [0.15, 0.2) is 6.10 Å². The van der Waals surface area contributed by atoms with Gasteiger partial charge in [0, 0.05) is 19.4 Å². The summed E-state index contributed by atoms with van der Waals surface area (Å²) in [5.74, 6) is -0.806. The van der Waals surface area contributed by atoms with Gasteiger partial charge in [-0.2, -0.15) is 0 Å². The van der Waals surface area contributed by atoms with Crippen molar-refractivity contribution >= 4 is 19.8 Å². The van der Waals surface area contributed by atoms with Crippen LogP contribution < -0.4 is 5.73 Å². The highest BCUT2D eigenvalue weighted by Gasteiger charge is 2.26. The van der Waals surface area contributed by atoms with Crippen molar-refractivity contribution in [2.75, 3.05) is 26.4 Å². The van der Waals surface area contributed by atoms with Gasteiger partial charge in [-0.3, -0.25) is 18.6 Å². The Morgan fingerprint density at radius 1 is 0.303 bits per heavy atom. The molecule has 0 aliphatic heterocycles. The summed E-state index contributed by atoms with van der Waals surface area (Å²) in [6, 6.07) is 0. The number of allylic oxidation sites excluding steroid dienone is 18. The Morgan fingerprint density at radius 2 is 0.525 bits per heavy atom. The Bertz CT molecular complexity index is 2000. The van der Waals surface area contributed by atoms with Crippen LogP contribution in [0, 0.1) is 0 Å². The maximum absolute atomic E-state index is 12.8. The summed E-state index contributed by atoms with van der Waals surface area (Å²) in [5.41, 5.74) is 5.42. The zero-order valence-electron chi connectivity index (χ0n) is 65.0. The molecule has 3 N–H and O–H groups in total. The third-order valence-corrected chi connectivity index (χ3v) is 19.6. The van der Waals surface area contributed by atoms with Crippen molar-refractivity contribution in [3.8, 4) is 0 Å². The summed E-state index contributed by atoms with van der Waals surface area (Å²) in [4.78, 5) is 35.5. The molecule has 0 aliphatic rings. The van der Waals surface area contributed by atoms with E-state index < -0.39 is 26.5 Å². The van der Waals surface area contributed by atoms with Crippen LogP contribution in [0.3, 0.4) is 0 Å². The SMILES string of the molecule is CC/C=C\C/C=C\C/C=C\C/C=C\C/C=C\CCCCCCCCCCCCCCCCCCCCCCCCCC(=O)OC(COC(=O)CCCCCCCCCCCCCCCCCCCCCCCCCCCC/C=C\C/C=C\C/C=C\C/C=C\CC)COP(=O)(O)OCCN. The van der Waals surface area contributed by atoms with E-state index >= 15 is 0 Å². The molecule has 9 nitrogen and oxygen atoms in total. The normalized spacial score (nSPS) is 13.4.